The fraction of sp³-hybridized carbons (Fsp3) is 0.684. The molecule has 0 bridgehead atoms. The first-order chi connectivity index (χ1) is 11.5. The van der Waals surface area contributed by atoms with Gasteiger partial charge in [0.1, 0.15) is 5.00 Å². The number of nitrogens with one attached hydrogen (secondary N) is 1. The second kappa shape index (κ2) is 7.08. The summed E-state index contributed by atoms with van der Waals surface area (Å²) in [5, 5.41) is 14.0. The van der Waals surface area contributed by atoms with E-state index < -0.39 is 11.0 Å². The van der Waals surface area contributed by atoms with E-state index in [0.717, 1.165) is 11.3 Å². The zero-order chi connectivity index (χ0) is 19.0. The predicted octanol–water partition coefficient (Wildman–Crippen LogP) is 3.66. The summed E-state index contributed by atoms with van der Waals surface area (Å²) in [5.41, 5.74) is -0.689. The largest absolute Gasteiger partial charge is 0.390 e. The maximum absolute atomic E-state index is 13.0. The Balaban J connectivity index is 2.21. The first kappa shape index (κ1) is 19.9. The monoisotopic (exact) mass is 366 g/mol. The number of hydrogen-bond acceptors (Lipinski definition) is 4. The second-order valence-electron chi connectivity index (χ2n) is 8.27. The molecule has 1 aliphatic heterocycles. The number of likely N-dealkylation sites (tertiary alicyclic amines) is 1. The third-order valence-electron chi connectivity index (χ3n) is 4.98. The van der Waals surface area contributed by atoms with Crippen molar-refractivity contribution in [2.75, 3.05) is 18.4 Å². The van der Waals surface area contributed by atoms with Crippen molar-refractivity contribution in [3.8, 4) is 0 Å². The van der Waals surface area contributed by atoms with Crippen LogP contribution in [0.25, 0.3) is 0 Å². The van der Waals surface area contributed by atoms with Crippen LogP contribution in [0.1, 0.15) is 62.7 Å². The highest BCUT2D eigenvalue weighted by Crippen LogP contribution is 2.34. The van der Waals surface area contributed by atoms with Gasteiger partial charge in [-0.25, -0.2) is 0 Å². The van der Waals surface area contributed by atoms with Crippen LogP contribution in [-0.4, -0.2) is 40.5 Å². The first-order valence-corrected chi connectivity index (χ1v) is 9.71. The van der Waals surface area contributed by atoms with Crippen molar-refractivity contribution in [1.82, 2.24) is 4.90 Å². The third-order valence-corrected chi connectivity index (χ3v) is 5.95. The lowest BCUT2D eigenvalue weighted by Crippen LogP contribution is -2.51. The molecule has 0 aliphatic carbocycles. The van der Waals surface area contributed by atoms with E-state index in [2.05, 4.69) is 5.32 Å². The quantitative estimate of drug-likeness (QED) is 0.858. The molecule has 2 N–H and O–H groups in total. The van der Waals surface area contributed by atoms with E-state index in [4.69, 9.17) is 0 Å². The molecule has 1 aliphatic rings. The molecule has 0 saturated carbocycles. The Morgan fingerprint density at radius 3 is 2.64 bits per heavy atom. The fourth-order valence-corrected chi connectivity index (χ4v) is 4.00. The lowest BCUT2D eigenvalue weighted by molar-refractivity contribution is -0.123. The summed E-state index contributed by atoms with van der Waals surface area (Å²) in [6.45, 7) is 12.5. The maximum atomic E-state index is 13.0. The molecule has 2 heterocycles. The minimum Gasteiger partial charge on any atom is -0.390 e. The molecule has 2 atom stereocenters. The summed E-state index contributed by atoms with van der Waals surface area (Å²) in [7, 11) is 0. The Morgan fingerprint density at radius 1 is 1.44 bits per heavy atom. The number of thiophene rings is 1. The summed E-state index contributed by atoms with van der Waals surface area (Å²) >= 11 is 1.43. The van der Waals surface area contributed by atoms with Crippen LogP contribution in [0.3, 0.4) is 0 Å². The van der Waals surface area contributed by atoms with Crippen molar-refractivity contribution in [3.05, 3.63) is 16.5 Å². The molecule has 6 heteroatoms. The minimum atomic E-state index is -0.723. The number of anilines is 1. The molecule has 1 saturated heterocycles. The van der Waals surface area contributed by atoms with Gasteiger partial charge >= 0.3 is 0 Å². The highest BCUT2D eigenvalue weighted by atomic mass is 32.1. The van der Waals surface area contributed by atoms with Crippen LogP contribution in [0.15, 0.2) is 6.07 Å². The highest BCUT2D eigenvalue weighted by molar-refractivity contribution is 7.16. The maximum Gasteiger partial charge on any atom is 0.256 e. The molecule has 1 aromatic rings. The van der Waals surface area contributed by atoms with Gasteiger partial charge in [0, 0.05) is 29.3 Å². The zero-order valence-electron chi connectivity index (χ0n) is 16.1. The van der Waals surface area contributed by atoms with E-state index in [1.165, 1.54) is 11.3 Å². The van der Waals surface area contributed by atoms with Crippen molar-refractivity contribution in [2.45, 2.75) is 60.0 Å². The number of aryl methyl sites for hydroxylation is 1. The molecule has 5 nitrogen and oxygen atoms in total. The number of carbonyl (C=O) groups excluding carboxylic acids is 2. The molecule has 0 aromatic carbocycles. The summed E-state index contributed by atoms with van der Waals surface area (Å²) < 4.78 is 0. The molecule has 140 valence electrons. The molecule has 2 amide bonds. The van der Waals surface area contributed by atoms with Gasteiger partial charge in [-0.3, -0.25) is 9.59 Å². The van der Waals surface area contributed by atoms with Crippen LogP contribution in [0.4, 0.5) is 5.00 Å². The number of nitrogens with zero attached hydrogens (tertiary/aromatic N) is 1. The fourth-order valence-electron chi connectivity index (χ4n) is 3.10. The predicted molar refractivity (Wildman–Crippen MR) is 102 cm³/mol. The van der Waals surface area contributed by atoms with Crippen LogP contribution in [-0.2, 0) is 4.79 Å². The number of carbonyl (C=O) groups is 2. The molecule has 25 heavy (non-hydrogen) atoms. The lowest BCUT2D eigenvalue weighted by atomic mass is 9.81. The van der Waals surface area contributed by atoms with E-state index in [-0.39, 0.29) is 17.7 Å². The van der Waals surface area contributed by atoms with Crippen molar-refractivity contribution in [1.29, 1.82) is 0 Å². The number of aliphatic hydroxyl groups is 1. The van der Waals surface area contributed by atoms with Crippen molar-refractivity contribution in [2.24, 2.45) is 11.3 Å². The van der Waals surface area contributed by atoms with Crippen molar-refractivity contribution in [3.63, 3.8) is 0 Å². The van der Waals surface area contributed by atoms with Gasteiger partial charge in [-0.1, -0.05) is 27.7 Å². The summed E-state index contributed by atoms with van der Waals surface area (Å²) in [5.74, 6) is -0.100. The van der Waals surface area contributed by atoms with Gasteiger partial charge in [-0.05, 0) is 32.8 Å². The second-order valence-corrected chi connectivity index (χ2v) is 9.52. The molecule has 0 spiro atoms. The zero-order valence-corrected chi connectivity index (χ0v) is 16.9. The summed E-state index contributed by atoms with van der Waals surface area (Å²) in [6, 6.07) is 1.85. The van der Waals surface area contributed by atoms with Crippen LogP contribution < -0.4 is 5.32 Å². The van der Waals surface area contributed by atoms with Gasteiger partial charge < -0.3 is 15.3 Å². The Kier molecular flexibility index (Phi) is 5.64. The normalized spacial score (nSPS) is 24.3. The van der Waals surface area contributed by atoms with E-state index in [9.17, 15) is 14.7 Å². The van der Waals surface area contributed by atoms with E-state index in [1.54, 1.807) is 4.90 Å². The number of hydrogen-bond donors (Lipinski definition) is 2. The molecular formula is C19H30N2O3S. The van der Waals surface area contributed by atoms with E-state index >= 15 is 0 Å². The average molecular weight is 367 g/mol. The smallest absolute Gasteiger partial charge is 0.256 e. The molecule has 0 unspecified atom stereocenters. The molecule has 1 aromatic heterocycles. The number of amides is 2. The van der Waals surface area contributed by atoms with Crippen LogP contribution >= 0.6 is 11.3 Å². The highest BCUT2D eigenvalue weighted by Gasteiger charge is 2.38. The SMILES string of the molecule is CC[C@@H]1CN(C(=O)c2cc(C)sc2NC(=O)C(C)(C)C)CC[C@]1(C)O. The van der Waals surface area contributed by atoms with Gasteiger partial charge in [-0.2, -0.15) is 0 Å². The standard InChI is InChI=1S/C19H30N2O3S/c1-7-13-11-21(9-8-19(13,6)24)16(22)14-10-12(2)25-15(14)20-17(23)18(3,4)5/h10,13,24H,7-9,11H2,1-6H3,(H,20,23)/t13-,19+/m1/s1. The van der Waals surface area contributed by atoms with Gasteiger partial charge in [0.2, 0.25) is 5.91 Å². The Hall–Kier alpha value is -1.40. The van der Waals surface area contributed by atoms with Crippen molar-refractivity contribution >= 4 is 28.2 Å². The third kappa shape index (κ3) is 4.42. The molecule has 0 radical (unpaired) electrons. The van der Waals surface area contributed by atoms with Gasteiger partial charge in [-0.15, -0.1) is 11.3 Å². The Labute approximate surface area is 154 Å². The van der Waals surface area contributed by atoms with Crippen LogP contribution in [0.2, 0.25) is 0 Å². The Morgan fingerprint density at radius 2 is 2.08 bits per heavy atom. The van der Waals surface area contributed by atoms with Crippen LogP contribution in [0.5, 0.6) is 0 Å². The molecule has 1 fully saturated rings. The lowest BCUT2D eigenvalue weighted by Gasteiger charge is -2.42. The van der Waals surface area contributed by atoms with E-state index in [1.807, 2.05) is 47.6 Å². The van der Waals surface area contributed by atoms with Gasteiger partial charge in [0.25, 0.3) is 5.91 Å². The van der Waals surface area contributed by atoms with Gasteiger partial charge in [0.05, 0.1) is 11.2 Å². The topological polar surface area (TPSA) is 69.6 Å². The van der Waals surface area contributed by atoms with Gasteiger partial charge in [0.15, 0.2) is 0 Å². The van der Waals surface area contributed by atoms with Crippen LogP contribution in [0, 0.1) is 18.3 Å². The molecular weight excluding hydrogens is 336 g/mol. The first-order valence-electron chi connectivity index (χ1n) is 8.89. The molecule has 2 rings (SSSR count). The average Bonchev–Trinajstić information content (AvgIpc) is 2.86. The Bertz CT molecular complexity index is 658. The minimum absolute atomic E-state index is 0.0671. The summed E-state index contributed by atoms with van der Waals surface area (Å²) in [6.07, 6.45) is 1.40. The number of rotatable bonds is 3. The van der Waals surface area contributed by atoms with Crippen molar-refractivity contribution < 1.29 is 14.7 Å². The van der Waals surface area contributed by atoms with E-state index in [0.29, 0.717) is 30.1 Å². The number of piperidine rings is 1. The summed E-state index contributed by atoms with van der Waals surface area (Å²) in [4.78, 5) is 28.1.